The number of aryl methyl sites for hydroxylation is 1. The monoisotopic (exact) mass is 334 g/mol. The third-order valence-corrected chi connectivity index (χ3v) is 4.39. The van der Waals surface area contributed by atoms with Gasteiger partial charge in [-0.25, -0.2) is 19.6 Å². The number of carbonyl (C=O) groups is 1. The smallest absolute Gasteiger partial charge is 0.330 e. The standard InChI is InChI=1S/C15H22N6O3/c1-19-12-8-16-10-18-13(12)21(15(19)23)11-4-3-6-20(9-11)14(22)17-5-7-24-2/h8,10-11H,3-7,9H2,1-2H3,(H,17,22). The van der Waals surface area contributed by atoms with Crippen LogP contribution in [0.1, 0.15) is 18.9 Å². The first-order chi connectivity index (χ1) is 11.6. The summed E-state index contributed by atoms with van der Waals surface area (Å²) in [6, 6.07) is -0.210. The lowest BCUT2D eigenvalue weighted by Gasteiger charge is -2.33. The van der Waals surface area contributed by atoms with Crippen LogP contribution in [0.2, 0.25) is 0 Å². The van der Waals surface area contributed by atoms with Crippen LogP contribution in [-0.2, 0) is 11.8 Å². The molecule has 0 radical (unpaired) electrons. The second-order valence-corrected chi connectivity index (χ2v) is 5.91. The fraction of sp³-hybridized carbons (Fsp3) is 0.600. The number of methoxy groups -OCH3 is 1. The SMILES string of the molecule is COCCNC(=O)N1CCCC(n2c(=O)n(C)c3cncnc32)C1. The molecule has 0 aliphatic carbocycles. The maximum absolute atomic E-state index is 12.6. The van der Waals surface area contributed by atoms with Crippen molar-refractivity contribution in [3.8, 4) is 0 Å². The van der Waals surface area contributed by atoms with Gasteiger partial charge in [-0.05, 0) is 12.8 Å². The number of aromatic nitrogens is 4. The van der Waals surface area contributed by atoms with Crippen molar-refractivity contribution in [3.63, 3.8) is 0 Å². The van der Waals surface area contributed by atoms with Crippen molar-refractivity contribution in [1.29, 1.82) is 0 Å². The Morgan fingerprint density at radius 3 is 3.12 bits per heavy atom. The fourth-order valence-corrected chi connectivity index (χ4v) is 3.14. The van der Waals surface area contributed by atoms with Gasteiger partial charge in [-0.2, -0.15) is 0 Å². The van der Waals surface area contributed by atoms with Gasteiger partial charge in [-0.3, -0.25) is 9.13 Å². The number of carbonyl (C=O) groups excluding carboxylic acids is 1. The summed E-state index contributed by atoms with van der Waals surface area (Å²) in [4.78, 5) is 34.8. The highest BCUT2D eigenvalue weighted by Crippen LogP contribution is 2.23. The van der Waals surface area contributed by atoms with Gasteiger partial charge in [0.25, 0.3) is 0 Å². The molecule has 0 aromatic carbocycles. The molecule has 1 unspecified atom stereocenters. The van der Waals surface area contributed by atoms with Gasteiger partial charge >= 0.3 is 11.7 Å². The second-order valence-electron chi connectivity index (χ2n) is 5.91. The van der Waals surface area contributed by atoms with Gasteiger partial charge in [0.05, 0.1) is 18.8 Å². The number of fused-ring (bicyclic) bond motifs is 1. The summed E-state index contributed by atoms with van der Waals surface area (Å²) in [5.41, 5.74) is 1.19. The Labute approximate surface area is 139 Å². The zero-order valence-electron chi connectivity index (χ0n) is 13.9. The molecule has 1 aliphatic rings. The molecule has 24 heavy (non-hydrogen) atoms. The van der Waals surface area contributed by atoms with Crippen LogP contribution < -0.4 is 11.0 Å². The lowest BCUT2D eigenvalue weighted by atomic mass is 10.1. The average Bonchev–Trinajstić information content (AvgIpc) is 2.86. The van der Waals surface area contributed by atoms with Crippen LogP contribution in [0.5, 0.6) is 0 Å². The zero-order chi connectivity index (χ0) is 17.1. The minimum atomic E-state index is -0.128. The van der Waals surface area contributed by atoms with E-state index >= 15 is 0 Å². The van der Waals surface area contributed by atoms with Crippen LogP contribution in [0.4, 0.5) is 4.79 Å². The summed E-state index contributed by atoms with van der Waals surface area (Å²) in [5.74, 6) is 0. The Bertz CT molecular complexity index is 783. The quantitative estimate of drug-likeness (QED) is 0.802. The summed E-state index contributed by atoms with van der Waals surface area (Å²) in [6.45, 7) is 2.12. The van der Waals surface area contributed by atoms with Crippen LogP contribution in [0.15, 0.2) is 17.3 Å². The van der Waals surface area contributed by atoms with Gasteiger partial charge in [0.2, 0.25) is 0 Å². The van der Waals surface area contributed by atoms with Crippen LogP contribution in [0, 0.1) is 0 Å². The number of nitrogens with zero attached hydrogens (tertiary/aromatic N) is 5. The Hall–Kier alpha value is -2.42. The van der Waals surface area contributed by atoms with Crippen LogP contribution in [-0.4, -0.2) is 63.4 Å². The Balaban J connectivity index is 1.82. The Kier molecular flexibility index (Phi) is 4.79. The van der Waals surface area contributed by atoms with E-state index in [1.54, 1.807) is 34.4 Å². The van der Waals surface area contributed by atoms with Crippen molar-refractivity contribution in [2.75, 3.05) is 33.4 Å². The summed E-state index contributed by atoms with van der Waals surface area (Å²) in [6.07, 6.45) is 4.76. The summed E-state index contributed by atoms with van der Waals surface area (Å²) < 4.78 is 8.18. The number of amides is 2. The van der Waals surface area contributed by atoms with E-state index in [2.05, 4.69) is 15.3 Å². The van der Waals surface area contributed by atoms with Gasteiger partial charge in [-0.1, -0.05) is 0 Å². The third-order valence-electron chi connectivity index (χ3n) is 4.39. The summed E-state index contributed by atoms with van der Waals surface area (Å²) >= 11 is 0. The molecule has 3 heterocycles. The molecular formula is C15H22N6O3. The van der Waals surface area contributed by atoms with Gasteiger partial charge in [0.15, 0.2) is 5.65 Å². The molecule has 1 N–H and O–H groups in total. The van der Waals surface area contributed by atoms with Gasteiger partial charge in [-0.15, -0.1) is 0 Å². The summed E-state index contributed by atoms with van der Waals surface area (Å²) in [7, 11) is 3.31. The first-order valence-corrected chi connectivity index (χ1v) is 8.02. The topological polar surface area (TPSA) is 94.3 Å². The van der Waals surface area contributed by atoms with Gasteiger partial charge < -0.3 is 15.0 Å². The normalized spacial score (nSPS) is 18.1. The molecule has 2 aromatic heterocycles. The van der Waals surface area contributed by atoms with Gasteiger partial charge in [0, 0.05) is 33.8 Å². The highest BCUT2D eigenvalue weighted by molar-refractivity contribution is 5.74. The van der Waals surface area contributed by atoms with E-state index in [4.69, 9.17) is 4.74 Å². The van der Waals surface area contributed by atoms with E-state index in [1.165, 1.54) is 6.33 Å². The van der Waals surface area contributed by atoms with Crippen molar-refractivity contribution in [3.05, 3.63) is 23.0 Å². The number of rotatable bonds is 4. The molecule has 1 fully saturated rings. The fourth-order valence-electron chi connectivity index (χ4n) is 3.14. The molecule has 1 saturated heterocycles. The molecule has 0 bridgehead atoms. The number of piperidine rings is 1. The number of urea groups is 1. The highest BCUT2D eigenvalue weighted by Gasteiger charge is 2.28. The maximum Gasteiger partial charge on any atom is 0.330 e. The lowest BCUT2D eigenvalue weighted by molar-refractivity contribution is 0.158. The molecular weight excluding hydrogens is 312 g/mol. The summed E-state index contributed by atoms with van der Waals surface area (Å²) in [5, 5.41) is 2.83. The number of nitrogens with one attached hydrogen (secondary N) is 1. The molecule has 9 heteroatoms. The van der Waals surface area contributed by atoms with Crippen molar-refractivity contribution in [2.24, 2.45) is 7.05 Å². The molecule has 0 spiro atoms. The molecule has 3 rings (SSSR count). The number of ether oxygens (including phenoxy) is 1. The Morgan fingerprint density at radius 1 is 1.50 bits per heavy atom. The molecule has 130 valence electrons. The molecule has 1 aliphatic heterocycles. The largest absolute Gasteiger partial charge is 0.383 e. The van der Waals surface area contributed by atoms with Gasteiger partial charge in [0.1, 0.15) is 11.8 Å². The predicted octanol–water partition coefficient (Wildman–Crippen LogP) is 0.123. The van der Waals surface area contributed by atoms with E-state index < -0.39 is 0 Å². The van der Waals surface area contributed by atoms with E-state index in [9.17, 15) is 9.59 Å². The maximum atomic E-state index is 12.6. The predicted molar refractivity (Wildman–Crippen MR) is 87.9 cm³/mol. The molecule has 9 nitrogen and oxygen atoms in total. The average molecular weight is 334 g/mol. The molecule has 2 aromatic rings. The first-order valence-electron chi connectivity index (χ1n) is 8.02. The molecule has 2 amide bonds. The van der Waals surface area contributed by atoms with E-state index in [-0.39, 0.29) is 17.8 Å². The van der Waals surface area contributed by atoms with Crippen molar-refractivity contribution < 1.29 is 9.53 Å². The minimum Gasteiger partial charge on any atom is -0.383 e. The van der Waals surface area contributed by atoms with E-state index in [0.29, 0.717) is 37.4 Å². The van der Waals surface area contributed by atoms with Crippen LogP contribution >= 0.6 is 0 Å². The van der Waals surface area contributed by atoms with E-state index in [1.807, 2.05) is 0 Å². The van der Waals surface area contributed by atoms with Crippen LogP contribution in [0.25, 0.3) is 11.2 Å². The van der Waals surface area contributed by atoms with Crippen molar-refractivity contribution >= 4 is 17.2 Å². The highest BCUT2D eigenvalue weighted by atomic mass is 16.5. The number of likely N-dealkylation sites (tertiary alicyclic amines) is 1. The van der Waals surface area contributed by atoms with Crippen LogP contribution in [0.3, 0.4) is 0 Å². The minimum absolute atomic E-state index is 0.0852. The second kappa shape index (κ2) is 7.00. The molecule has 0 saturated carbocycles. The third kappa shape index (κ3) is 2.99. The zero-order valence-corrected chi connectivity index (χ0v) is 13.9. The van der Waals surface area contributed by atoms with E-state index in [0.717, 1.165) is 12.8 Å². The Morgan fingerprint density at radius 2 is 2.33 bits per heavy atom. The van der Waals surface area contributed by atoms with Crippen molar-refractivity contribution in [1.82, 2.24) is 29.3 Å². The van der Waals surface area contributed by atoms with Crippen molar-refractivity contribution in [2.45, 2.75) is 18.9 Å². The first kappa shape index (κ1) is 16.4. The number of imidazole rings is 1. The molecule has 1 atom stereocenters. The lowest BCUT2D eigenvalue weighted by Crippen LogP contribution is -2.47. The number of hydrogen-bond acceptors (Lipinski definition) is 5. The number of hydrogen-bond donors (Lipinski definition) is 1.